The van der Waals surface area contributed by atoms with Gasteiger partial charge in [-0.25, -0.2) is 21.2 Å². The molecule has 0 spiro atoms. The molecule has 0 amide bonds. The molecule has 1 atom stereocenters. The van der Waals surface area contributed by atoms with E-state index in [0.29, 0.717) is 37.2 Å². The molecule has 1 saturated heterocycles. The molecule has 0 bridgehead atoms. The molecule has 0 aromatic heterocycles. The zero-order chi connectivity index (χ0) is 31.3. The smallest absolute Gasteiger partial charge is 0.178 e. The number of ketones is 1. The Bertz CT molecular complexity index is 1610. The van der Waals surface area contributed by atoms with Gasteiger partial charge >= 0.3 is 0 Å². The molecule has 1 aliphatic heterocycles. The first kappa shape index (κ1) is 32.5. The third kappa shape index (κ3) is 8.64. The molecule has 1 heterocycles. The van der Waals surface area contributed by atoms with Gasteiger partial charge in [0.05, 0.1) is 22.2 Å². The summed E-state index contributed by atoms with van der Waals surface area (Å²) in [5.41, 5.74) is 4.10. The predicted octanol–water partition coefficient (Wildman–Crippen LogP) is 6.11. The van der Waals surface area contributed by atoms with E-state index in [1.807, 2.05) is 31.2 Å². The van der Waals surface area contributed by atoms with Crippen LogP contribution in [0.5, 0.6) is 0 Å². The number of rotatable bonds is 11. The van der Waals surface area contributed by atoms with Crippen molar-refractivity contribution in [2.45, 2.75) is 56.3 Å². The standard InChI is InChI=1S/C35H42FNO5S2/c1-26(29-10-14-33(36)15-11-29)24-35(38)32-8-4-28(5-9-32)25-44(41,42)34-16-12-31(13-17-34)30-6-2-27(3-7-30)18-19-37-20-22-43(39,40)23-21-37/h2-3,6-7,10-17,26,28,32H,4-5,8-9,18-25H2,1H3/t26-,28?,32?/m0/s1. The summed E-state index contributed by atoms with van der Waals surface area (Å²) in [4.78, 5) is 15.5. The van der Waals surface area contributed by atoms with E-state index in [4.69, 9.17) is 0 Å². The minimum Gasteiger partial charge on any atom is -0.301 e. The maximum atomic E-state index is 13.2. The molecular formula is C35H42FNO5S2. The number of benzene rings is 3. The van der Waals surface area contributed by atoms with E-state index in [0.717, 1.165) is 42.5 Å². The average Bonchev–Trinajstić information content (AvgIpc) is 3.01. The first-order chi connectivity index (χ1) is 21.0. The highest BCUT2D eigenvalue weighted by Gasteiger charge is 2.30. The van der Waals surface area contributed by atoms with Crippen LogP contribution in [-0.2, 0) is 30.9 Å². The number of sulfone groups is 2. The molecule has 1 saturated carbocycles. The zero-order valence-corrected chi connectivity index (χ0v) is 27.0. The Morgan fingerprint density at radius 1 is 0.864 bits per heavy atom. The normalized spacial score (nSPS) is 21.5. The van der Waals surface area contributed by atoms with Crippen molar-refractivity contribution in [3.8, 4) is 11.1 Å². The fourth-order valence-corrected chi connectivity index (χ4v) is 9.39. The number of carbonyl (C=O) groups excluding carboxylic acids is 1. The quantitative estimate of drug-likeness (QED) is 0.252. The fraction of sp³-hybridized carbons (Fsp3) is 0.457. The van der Waals surface area contributed by atoms with Crippen LogP contribution in [0.2, 0.25) is 0 Å². The fourth-order valence-electron chi connectivity index (χ4n) is 6.41. The van der Waals surface area contributed by atoms with Crippen LogP contribution in [-0.4, -0.2) is 64.4 Å². The largest absolute Gasteiger partial charge is 0.301 e. The van der Waals surface area contributed by atoms with Crippen LogP contribution >= 0.6 is 0 Å². The number of nitrogens with zero attached hydrogens (tertiary/aromatic N) is 1. The van der Waals surface area contributed by atoms with Gasteiger partial charge < -0.3 is 4.90 Å². The summed E-state index contributed by atoms with van der Waals surface area (Å²) in [6, 6.07) is 21.6. The molecule has 236 valence electrons. The molecule has 9 heteroatoms. The van der Waals surface area contributed by atoms with Crippen molar-refractivity contribution in [3.63, 3.8) is 0 Å². The van der Waals surface area contributed by atoms with Gasteiger partial charge in [0.1, 0.15) is 11.6 Å². The summed E-state index contributed by atoms with van der Waals surface area (Å²) in [7, 11) is -6.32. The molecule has 6 nitrogen and oxygen atoms in total. The average molecular weight is 640 g/mol. The lowest BCUT2D eigenvalue weighted by Crippen LogP contribution is -2.41. The third-order valence-corrected chi connectivity index (χ3v) is 12.9. The topological polar surface area (TPSA) is 88.6 Å². The SMILES string of the molecule is C[C@@H](CC(=O)C1CCC(CS(=O)(=O)c2ccc(-c3ccc(CCN4CCS(=O)(=O)CC4)cc3)cc2)CC1)c1ccc(F)cc1. The highest BCUT2D eigenvalue weighted by molar-refractivity contribution is 7.91. The summed E-state index contributed by atoms with van der Waals surface area (Å²) in [5, 5.41) is 0. The van der Waals surface area contributed by atoms with Crippen LogP contribution in [0.15, 0.2) is 77.7 Å². The van der Waals surface area contributed by atoms with Crippen molar-refractivity contribution in [3.05, 3.63) is 89.7 Å². The summed E-state index contributed by atoms with van der Waals surface area (Å²) in [5.74, 6) is 0.525. The summed E-state index contributed by atoms with van der Waals surface area (Å²) >= 11 is 0. The van der Waals surface area contributed by atoms with Crippen LogP contribution in [0.1, 0.15) is 56.1 Å². The first-order valence-electron chi connectivity index (χ1n) is 15.6. The number of hydrogen-bond donors (Lipinski definition) is 0. The maximum Gasteiger partial charge on any atom is 0.178 e. The van der Waals surface area contributed by atoms with E-state index in [1.165, 1.54) is 17.7 Å². The third-order valence-electron chi connectivity index (χ3n) is 9.36. The number of halogens is 1. The highest BCUT2D eigenvalue weighted by atomic mass is 32.2. The van der Waals surface area contributed by atoms with E-state index in [1.54, 1.807) is 24.3 Å². The number of hydrogen-bond acceptors (Lipinski definition) is 6. The van der Waals surface area contributed by atoms with Gasteiger partial charge in [0.25, 0.3) is 0 Å². The monoisotopic (exact) mass is 639 g/mol. The van der Waals surface area contributed by atoms with Crippen LogP contribution in [0.4, 0.5) is 4.39 Å². The second-order valence-electron chi connectivity index (χ2n) is 12.6. The summed E-state index contributed by atoms with van der Waals surface area (Å²) in [6.07, 6.45) is 4.14. The molecule has 44 heavy (non-hydrogen) atoms. The maximum absolute atomic E-state index is 13.2. The highest BCUT2D eigenvalue weighted by Crippen LogP contribution is 2.34. The minimum atomic E-state index is -3.45. The van der Waals surface area contributed by atoms with Gasteiger partial charge in [-0.2, -0.15) is 0 Å². The minimum absolute atomic E-state index is 0.0245. The van der Waals surface area contributed by atoms with Gasteiger partial charge in [-0.05, 0) is 90.5 Å². The second-order valence-corrected chi connectivity index (χ2v) is 16.9. The molecule has 3 aromatic rings. The number of Topliss-reactive ketones (excluding diaryl/α,β-unsaturated/α-hetero) is 1. The molecule has 2 aliphatic rings. The Morgan fingerprint density at radius 3 is 2.02 bits per heavy atom. The van der Waals surface area contributed by atoms with Crippen LogP contribution in [0.3, 0.4) is 0 Å². The van der Waals surface area contributed by atoms with Crippen LogP contribution in [0.25, 0.3) is 11.1 Å². The van der Waals surface area contributed by atoms with Gasteiger partial charge in [0.15, 0.2) is 19.7 Å². The molecule has 2 fully saturated rings. The molecule has 1 aliphatic carbocycles. The van der Waals surface area contributed by atoms with Gasteiger partial charge in [-0.15, -0.1) is 0 Å². The van der Waals surface area contributed by atoms with E-state index >= 15 is 0 Å². The molecule has 0 N–H and O–H groups in total. The van der Waals surface area contributed by atoms with E-state index in [2.05, 4.69) is 17.0 Å². The first-order valence-corrected chi connectivity index (χ1v) is 19.1. The van der Waals surface area contributed by atoms with Crippen molar-refractivity contribution < 1.29 is 26.0 Å². The van der Waals surface area contributed by atoms with Crippen molar-refractivity contribution in [1.82, 2.24) is 4.90 Å². The molecular weight excluding hydrogens is 598 g/mol. The summed E-state index contributed by atoms with van der Waals surface area (Å²) in [6.45, 7) is 4.00. The van der Waals surface area contributed by atoms with Crippen molar-refractivity contribution in [2.24, 2.45) is 11.8 Å². The number of carbonyl (C=O) groups is 1. The van der Waals surface area contributed by atoms with E-state index < -0.39 is 19.7 Å². The van der Waals surface area contributed by atoms with Crippen LogP contribution < -0.4 is 0 Å². The van der Waals surface area contributed by atoms with Gasteiger partial charge in [0, 0.05) is 32.0 Å². The van der Waals surface area contributed by atoms with E-state index in [-0.39, 0.29) is 46.6 Å². The predicted molar refractivity (Wildman–Crippen MR) is 173 cm³/mol. The lowest BCUT2D eigenvalue weighted by molar-refractivity contribution is -0.124. The Hall–Kier alpha value is -2.88. The van der Waals surface area contributed by atoms with Crippen LogP contribution in [0, 0.1) is 17.7 Å². The van der Waals surface area contributed by atoms with Gasteiger partial charge in [-0.3, -0.25) is 4.79 Å². The Morgan fingerprint density at radius 2 is 1.43 bits per heavy atom. The Balaban J connectivity index is 1.09. The molecule has 5 rings (SSSR count). The lowest BCUT2D eigenvalue weighted by Gasteiger charge is -2.28. The molecule has 3 aromatic carbocycles. The van der Waals surface area contributed by atoms with Crippen molar-refractivity contribution in [2.75, 3.05) is 36.9 Å². The van der Waals surface area contributed by atoms with Gasteiger partial charge in [-0.1, -0.05) is 55.5 Å². The molecule has 0 radical (unpaired) electrons. The Kier molecular flexibility index (Phi) is 10.4. The van der Waals surface area contributed by atoms with Gasteiger partial charge in [0.2, 0.25) is 0 Å². The van der Waals surface area contributed by atoms with Crippen molar-refractivity contribution >= 4 is 25.5 Å². The summed E-state index contributed by atoms with van der Waals surface area (Å²) < 4.78 is 63.0. The molecule has 0 unspecified atom stereocenters. The van der Waals surface area contributed by atoms with E-state index in [9.17, 15) is 26.0 Å². The second kappa shape index (κ2) is 14.0. The van der Waals surface area contributed by atoms with Crippen molar-refractivity contribution in [1.29, 1.82) is 0 Å². The zero-order valence-electron chi connectivity index (χ0n) is 25.3. The Labute approximate surface area is 261 Å². The lowest BCUT2D eigenvalue weighted by atomic mass is 9.78.